The van der Waals surface area contributed by atoms with Crippen molar-refractivity contribution in [2.45, 2.75) is 13.3 Å². The Morgan fingerprint density at radius 3 is 2.82 bits per heavy atom. The van der Waals surface area contributed by atoms with Gasteiger partial charge in [-0.2, -0.15) is 9.61 Å². The van der Waals surface area contributed by atoms with Gasteiger partial charge in [-0.25, -0.2) is 0 Å². The van der Waals surface area contributed by atoms with Gasteiger partial charge in [-0.1, -0.05) is 54.1 Å². The molecule has 6 nitrogen and oxygen atoms in total. The van der Waals surface area contributed by atoms with Gasteiger partial charge in [0.1, 0.15) is 5.01 Å². The first-order valence-corrected chi connectivity index (χ1v) is 9.88. The molecule has 0 unspecified atom stereocenters. The molecule has 0 aliphatic heterocycles. The summed E-state index contributed by atoms with van der Waals surface area (Å²) in [6.45, 7) is 2.02. The van der Waals surface area contributed by atoms with Crippen molar-refractivity contribution in [3.63, 3.8) is 0 Å². The third kappa shape index (κ3) is 3.95. The highest BCUT2D eigenvalue weighted by atomic mass is 35.5. The number of hydrogen-bond donors (Lipinski definition) is 1. The van der Waals surface area contributed by atoms with E-state index in [1.807, 2.05) is 43.3 Å². The van der Waals surface area contributed by atoms with Crippen LogP contribution in [0.15, 0.2) is 54.6 Å². The number of benzene rings is 2. The quantitative estimate of drug-likeness (QED) is 0.484. The molecule has 0 bridgehead atoms. The van der Waals surface area contributed by atoms with Gasteiger partial charge in [0, 0.05) is 28.8 Å². The van der Waals surface area contributed by atoms with Crippen LogP contribution in [-0.2, 0) is 11.2 Å². The number of carbonyl (C=O) groups is 1. The number of carbonyl (C=O) groups excluding carboxylic acids is 1. The molecule has 2 heterocycles. The van der Waals surface area contributed by atoms with E-state index in [0.717, 1.165) is 33.3 Å². The summed E-state index contributed by atoms with van der Waals surface area (Å²) in [6.07, 6.45) is 4.00. The number of nitrogens with zero attached hydrogens (tertiary/aromatic N) is 4. The molecule has 4 rings (SSSR count). The van der Waals surface area contributed by atoms with E-state index in [1.165, 1.54) is 17.4 Å². The number of nitrogens with one attached hydrogen (secondary N) is 1. The minimum absolute atomic E-state index is 0.210. The molecule has 0 aliphatic carbocycles. The summed E-state index contributed by atoms with van der Waals surface area (Å²) in [5.74, 6) is 0.618. The van der Waals surface area contributed by atoms with Crippen LogP contribution in [0.1, 0.15) is 18.3 Å². The second kappa shape index (κ2) is 7.92. The van der Waals surface area contributed by atoms with Crippen LogP contribution in [0.5, 0.6) is 0 Å². The van der Waals surface area contributed by atoms with E-state index in [9.17, 15) is 4.79 Å². The molecule has 0 saturated carbocycles. The maximum absolute atomic E-state index is 12.2. The summed E-state index contributed by atoms with van der Waals surface area (Å²) in [6, 6.07) is 14.9. The fourth-order valence-electron chi connectivity index (χ4n) is 2.65. The predicted octanol–water partition coefficient (Wildman–Crippen LogP) is 4.72. The number of aryl methyl sites for hydroxylation is 1. The maximum Gasteiger partial charge on any atom is 0.248 e. The molecular weight excluding hydrogens is 394 g/mol. The van der Waals surface area contributed by atoms with E-state index in [1.54, 1.807) is 22.7 Å². The van der Waals surface area contributed by atoms with Crippen molar-refractivity contribution < 1.29 is 4.79 Å². The third-order valence-corrected chi connectivity index (χ3v) is 5.25. The Balaban J connectivity index is 1.50. The molecule has 0 saturated heterocycles. The summed E-state index contributed by atoms with van der Waals surface area (Å²) in [5.41, 5.74) is 2.52. The molecule has 0 radical (unpaired) electrons. The first-order chi connectivity index (χ1) is 13.6. The van der Waals surface area contributed by atoms with E-state index in [2.05, 4.69) is 20.6 Å². The fourth-order valence-corrected chi connectivity index (χ4v) is 3.63. The van der Waals surface area contributed by atoms with Crippen LogP contribution >= 0.6 is 22.9 Å². The molecule has 0 spiro atoms. The zero-order valence-electron chi connectivity index (χ0n) is 15.0. The van der Waals surface area contributed by atoms with Crippen molar-refractivity contribution in [1.82, 2.24) is 19.8 Å². The molecule has 8 heteroatoms. The van der Waals surface area contributed by atoms with Crippen molar-refractivity contribution in [1.29, 1.82) is 0 Å². The number of hydrogen-bond acceptors (Lipinski definition) is 5. The lowest BCUT2D eigenvalue weighted by molar-refractivity contribution is -0.111. The Hall–Kier alpha value is -3.03. The molecule has 1 amide bonds. The van der Waals surface area contributed by atoms with Crippen LogP contribution in [0, 0.1) is 0 Å². The van der Waals surface area contributed by atoms with Crippen LogP contribution in [0.2, 0.25) is 5.02 Å². The highest BCUT2D eigenvalue weighted by Crippen LogP contribution is 2.27. The van der Waals surface area contributed by atoms with Crippen LogP contribution < -0.4 is 5.32 Å². The first kappa shape index (κ1) is 18.3. The average molecular weight is 410 g/mol. The van der Waals surface area contributed by atoms with E-state index in [4.69, 9.17) is 11.6 Å². The second-order valence-electron chi connectivity index (χ2n) is 6.03. The highest BCUT2D eigenvalue weighted by Gasteiger charge is 2.12. The normalized spacial score (nSPS) is 11.4. The number of fused-ring (bicyclic) bond motifs is 1. The highest BCUT2D eigenvalue weighted by molar-refractivity contribution is 7.19. The van der Waals surface area contributed by atoms with Crippen LogP contribution in [0.3, 0.4) is 0 Å². The van der Waals surface area contributed by atoms with Gasteiger partial charge >= 0.3 is 0 Å². The van der Waals surface area contributed by atoms with Crippen molar-refractivity contribution in [3.05, 3.63) is 71.0 Å². The molecule has 0 fully saturated rings. The van der Waals surface area contributed by atoms with Crippen molar-refractivity contribution >= 4 is 45.6 Å². The first-order valence-electron chi connectivity index (χ1n) is 8.68. The zero-order chi connectivity index (χ0) is 19.5. The summed E-state index contributed by atoms with van der Waals surface area (Å²) in [7, 11) is 0. The minimum Gasteiger partial charge on any atom is -0.322 e. The fraction of sp³-hybridized carbons (Fsp3) is 0.100. The third-order valence-electron chi connectivity index (χ3n) is 4.05. The number of halogens is 1. The van der Waals surface area contributed by atoms with Gasteiger partial charge < -0.3 is 5.32 Å². The molecule has 4 aromatic rings. The zero-order valence-corrected chi connectivity index (χ0v) is 16.5. The maximum atomic E-state index is 12.2. The average Bonchev–Trinajstić information content (AvgIpc) is 3.28. The van der Waals surface area contributed by atoms with E-state index in [0.29, 0.717) is 10.7 Å². The molecular formula is C20H16ClN5OS. The lowest BCUT2D eigenvalue weighted by Crippen LogP contribution is -2.07. The van der Waals surface area contributed by atoms with Crippen LogP contribution in [-0.4, -0.2) is 25.7 Å². The second-order valence-corrected chi connectivity index (χ2v) is 7.42. The molecule has 1 N–H and O–H groups in total. The van der Waals surface area contributed by atoms with E-state index in [-0.39, 0.29) is 5.91 Å². The van der Waals surface area contributed by atoms with Gasteiger partial charge in [0.05, 0.1) is 0 Å². The Bertz CT molecular complexity index is 1160. The number of rotatable bonds is 5. The standard InChI is InChI=1S/C20H16ClN5OS/c1-2-17-23-24-20-26(17)25-19(28-20)14-4-3-5-16(12-14)22-18(27)11-8-13-6-9-15(21)10-7-13/h3-12H,2H2,1H3,(H,22,27)/b11-8+. The molecule has 140 valence electrons. The monoisotopic (exact) mass is 409 g/mol. The molecule has 2 aromatic carbocycles. The summed E-state index contributed by atoms with van der Waals surface area (Å²) in [4.78, 5) is 13.0. The van der Waals surface area contributed by atoms with Crippen molar-refractivity contribution in [3.8, 4) is 10.6 Å². The molecule has 2 aromatic heterocycles. The van der Waals surface area contributed by atoms with Crippen LogP contribution in [0.25, 0.3) is 21.6 Å². The van der Waals surface area contributed by atoms with Crippen LogP contribution in [0.4, 0.5) is 5.69 Å². The summed E-state index contributed by atoms with van der Waals surface area (Å²) >= 11 is 7.33. The van der Waals surface area contributed by atoms with E-state index >= 15 is 0 Å². The number of anilines is 1. The SMILES string of the molecule is CCc1nnc2sc(-c3cccc(NC(=O)/C=C/c4ccc(Cl)cc4)c3)nn12. The van der Waals surface area contributed by atoms with Gasteiger partial charge in [-0.05, 0) is 35.9 Å². The number of amides is 1. The van der Waals surface area contributed by atoms with Gasteiger partial charge in [0.2, 0.25) is 10.9 Å². The smallest absolute Gasteiger partial charge is 0.248 e. The van der Waals surface area contributed by atoms with Gasteiger partial charge in [0.25, 0.3) is 0 Å². The summed E-state index contributed by atoms with van der Waals surface area (Å²) in [5, 5.41) is 17.2. The van der Waals surface area contributed by atoms with Crippen molar-refractivity contribution in [2.75, 3.05) is 5.32 Å². The molecule has 0 atom stereocenters. The van der Waals surface area contributed by atoms with Gasteiger partial charge in [0.15, 0.2) is 5.82 Å². The topological polar surface area (TPSA) is 72.2 Å². The van der Waals surface area contributed by atoms with Crippen molar-refractivity contribution in [2.24, 2.45) is 0 Å². The largest absolute Gasteiger partial charge is 0.322 e. The Kier molecular flexibility index (Phi) is 5.18. The van der Waals surface area contributed by atoms with E-state index < -0.39 is 0 Å². The molecule has 28 heavy (non-hydrogen) atoms. The minimum atomic E-state index is -0.210. The lowest BCUT2D eigenvalue weighted by Gasteiger charge is -2.04. The predicted molar refractivity (Wildman–Crippen MR) is 113 cm³/mol. The number of aromatic nitrogens is 4. The Morgan fingerprint density at radius 2 is 2.04 bits per heavy atom. The lowest BCUT2D eigenvalue weighted by atomic mass is 10.2. The van der Waals surface area contributed by atoms with Gasteiger partial charge in [-0.15, -0.1) is 10.2 Å². The summed E-state index contributed by atoms with van der Waals surface area (Å²) < 4.78 is 1.76. The molecule has 0 aliphatic rings. The Labute approximate surface area is 170 Å². The van der Waals surface area contributed by atoms with Gasteiger partial charge in [-0.3, -0.25) is 4.79 Å². The Morgan fingerprint density at radius 1 is 1.21 bits per heavy atom.